The molecule has 0 aliphatic heterocycles. The summed E-state index contributed by atoms with van der Waals surface area (Å²) in [6.07, 6.45) is 7.77. The van der Waals surface area contributed by atoms with Gasteiger partial charge < -0.3 is 5.32 Å². The number of pyridine rings is 1. The summed E-state index contributed by atoms with van der Waals surface area (Å²) < 4.78 is 3.06. The Labute approximate surface area is 135 Å². The van der Waals surface area contributed by atoms with E-state index in [1.54, 1.807) is 0 Å². The van der Waals surface area contributed by atoms with Gasteiger partial charge in [0.2, 0.25) is 0 Å². The van der Waals surface area contributed by atoms with Gasteiger partial charge in [-0.15, -0.1) is 0 Å². The first-order valence-corrected chi connectivity index (χ1v) is 8.31. The average molecular weight is 351 g/mol. The number of rotatable bonds is 7. The van der Waals surface area contributed by atoms with Crippen molar-refractivity contribution in [3.05, 3.63) is 46.5 Å². The summed E-state index contributed by atoms with van der Waals surface area (Å²) in [7, 11) is 0. The van der Waals surface area contributed by atoms with Crippen molar-refractivity contribution in [2.24, 2.45) is 0 Å². The van der Waals surface area contributed by atoms with Crippen molar-refractivity contribution in [2.45, 2.75) is 45.7 Å². The van der Waals surface area contributed by atoms with Crippen molar-refractivity contribution in [3.8, 4) is 0 Å². The highest BCUT2D eigenvalue weighted by Gasteiger charge is 2.14. The van der Waals surface area contributed by atoms with Crippen molar-refractivity contribution in [2.75, 3.05) is 6.54 Å². The molecule has 0 aromatic carbocycles. The third-order valence-corrected chi connectivity index (χ3v) is 4.13. The monoisotopic (exact) mass is 350 g/mol. The molecule has 0 amide bonds. The molecular weight excluding hydrogens is 328 g/mol. The number of likely N-dealkylation sites (N-methyl/N-ethyl adjacent to an activating group) is 1. The number of halogens is 1. The number of nitrogens with zero attached hydrogens (tertiary/aromatic N) is 3. The topological polar surface area (TPSA) is 42.7 Å². The zero-order chi connectivity index (χ0) is 15.2. The lowest BCUT2D eigenvalue weighted by Gasteiger charge is -2.17. The number of hydrogen-bond acceptors (Lipinski definition) is 3. The van der Waals surface area contributed by atoms with Gasteiger partial charge >= 0.3 is 0 Å². The normalized spacial score (nSPS) is 14.1. The minimum absolute atomic E-state index is 0.236. The molecule has 0 radical (unpaired) electrons. The molecule has 0 aliphatic carbocycles. The highest BCUT2D eigenvalue weighted by atomic mass is 79.9. The second-order valence-corrected chi connectivity index (χ2v) is 6.21. The molecule has 2 aromatic rings. The zero-order valence-corrected chi connectivity index (χ0v) is 14.5. The fourth-order valence-electron chi connectivity index (χ4n) is 2.30. The van der Waals surface area contributed by atoms with E-state index in [4.69, 9.17) is 5.10 Å². The third-order valence-electron chi connectivity index (χ3n) is 3.70. The molecule has 0 saturated carbocycles. The lowest BCUT2D eigenvalue weighted by atomic mass is 10.0. The van der Waals surface area contributed by atoms with Crippen LogP contribution < -0.4 is 5.32 Å². The molecule has 0 fully saturated rings. The third kappa shape index (κ3) is 4.38. The van der Waals surface area contributed by atoms with E-state index in [1.807, 2.05) is 12.4 Å². The number of nitrogens with one attached hydrogen (secondary N) is 1. The fourth-order valence-corrected chi connectivity index (χ4v) is 2.68. The molecule has 1 N–H and O–H groups in total. The quantitative estimate of drug-likeness (QED) is 0.823. The van der Waals surface area contributed by atoms with Crippen LogP contribution in [0.2, 0.25) is 0 Å². The van der Waals surface area contributed by atoms with Gasteiger partial charge in [0.15, 0.2) is 0 Å². The van der Waals surface area contributed by atoms with E-state index < -0.39 is 0 Å². The van der Waals surface area contributed by atoms with E-state index in [2.05, 4.69) is 70.0 Å². The van der Waals surface area contributed by atoms with E-state index in [1.165, 1.54) is 5.56 Å². The van der Waals surface area contributed by atoms with Gasteiger partial charge in [0.1, 0.15) is 0 Å². The molecule has 2 atom stereocenters. The van der Waals surface area contributed by atoms with E-state index in [9.17, 15) is 0 Å². The summed E-state index contributed by atoms with van der Waals surface area (Å²) in [5.74, 6) is 0. The van der Waals surface area contributed by atoms with Crippen LogP contribution in [0.4, 0.5) is 0 Å². The summed E-state index contributed by atoms with van der Waals surface area (Å²) in [5.41, 5.74) is 2.30. The maximum absolute atomic E-state index is 4.70. The molecule has 2 rings (SSSR count). The minimum Gasteiger partial charge on any atom is -0.310 e. The van der Waals surface area contributed by atoms with Gasteiger partial charge in [-0.05, 0) is 53.5 Å². The molecule has 0 spiro atoms. The summed E-state index contributed by atoms with van der Waals surface area (Å²) in [6.45, 7) is 7.41. The summed E-state index contributed by atoms with van der Waals surface area (Å²) in [4.78, 5) is 4.26. The maximum atomic E-state index is 4.70. The molecule has 0 aliphatic rings. The molecule has 21 heavy (non-hydrogen) atoms. The predicted molar refractivity (Wildman–Crippen MR) is 89.3 cm³/mol. The fraction of sp³-hybridized carbons (Fsp3) is 0.500. The molecule has 0 saturated heterocycles. The molecule has 2 aromatic heterocycles. The van der Waals surface area contributed by atoms with Crippen LogP contribution in [0.15, 0.2) is 35.2 Å². The van der Waals surface area contributed by atoms with E-state index in [0.717, 1.165) is 29.6 Å². The highest BCUT2D eigenvalue weighted by molar-refractivity contribution is 9.10. The van der Waals surface area contributed by atoms with Gasteiger partial charge in [0.05, 0.1) is 5.69 Å². The van der Waals surface area contributed by atoms with Crippen LogP contribution in [0.25, 0.3) is 0 Å². The molecule has 2 unspecified atom stereocenters. The van der Waals surface area contributed by atoms with Crippen LogP contribution >= 0.6 is 15.9 Å². The Kier molecular flexibility index (Phi) is 5.94. The molecule has 2 heterocycles. The summed E-state index contributed by atoms with van der Waals surface area (Å²) >= 11 is 3.49. The van der Waals surface area contributed by atoms with Crippen LogP contribution in [-0.4, -0.2) is 21.3 Å². The first-order chi connectivity index (χ1) is 10.1. The maximum Gasteiger partial charge on any atom is 0.0643 e. The van der Waals surface area contributed by atoms with Crippen molar-refractivity contribution in [3.63, 3.8) is 0 Å². The van der Waals surface area contributed by atoms with E-state index >= 15 is 0 Å². The summed E-state index contributed by atoms with van der Waals surface area (Å²) in [6, 6.07) is 4.91. The van der Waals surface area contributed by atoms with Crippen molar-refractivity contribution < 1.29 is 0 Å². The zero-order valence-electron chi connectivity index (χ0n) is 12.9. The van der Waals surface area contributed by atoms with Crippen molar-refractivity contribution >= 4 is 15.9 Å². The van der Waals surface area contributed by atoms with Crippen molar-refractivity contribution in [1.29, 1.82) is 0 Å². The predicted octanol–water partition coefficient (Wildman–Crippen LogP) is 3.90. The first-order valence-electron chi connectivity index (χ1n) is 7.51. The van der Waals surface area contributed by atoms with Gasteiger partial charge in [-0.1, -0.05) is 13.8 Å². The first kappa shape index (κ1) is 16.2. The smallest absolute Gasteiger partial charge is 0.0643 e. The largest absolute Gasteiger partial charge is 0.310 e. The Hall–Kier alpha value is -1.20. The molecule has 5 heteroatoms. The Morgan fingerprint density at radius 3 is 2.81 bits per heavy atom. The van der Waals surface area contributed by atoms with Gasteiger partial charge in [0, 0.05) is 41.6 Å². The molecule has 114 valence electrons. The Morgan fingerprint density at radius 2 is 2.14 bits per heavy atom. The highest BCUT2D eigenvalue weighted by Crippen LogP contribution is 2.21. The Bertz CT molecular complexity index is 567. The van der Waals surface area contributed by atoms with Gasteiger partial charge in [-0.25, -0.2) is 0 Å². The Morgan fingerprint density at radius 1 is 1.33 bits per heavy atom. The second kappa shape index (κ2) is 7.71. The van der Waals surface area contributed by atoms with Crippen LogP contribution in [-0.2, 0) is 6.42 Å². The van der Waals surface area contributed by atoms with Crippen molar-refractivity contribution in [1.82, 2.24) is 20.1 Å². The SMILES string of the molecule is CCNC(Cc1ccn(C(C)CC)n1)c1cncc(Br)c1. The summed E-state index contributed by atoms with van der Waals surface area (Å²) in [5, 5.41) is 8.21. The van der Waals surface area contributed by atoms with Crippen LogP contribution in [0.1, 0.15) is 50.5 Å². The van der Waals surface area contributed by atoms with Gasteiger partial charge in [0.25, 0.3) is 0 Å². The lowest BCUT2D eigenvalue weighted by Crippen LogP contribution is -2.23. The number of hydrogen-bond donors (Lipinski definition) is 1. The van der Waals surface area contributed by atoms with E-state index in [0.29, 0.717) is 6.04 Å². The van der Waals surface area contributed by atoms with Crippen LogP contribution in [0.3, 0.4) is 0 Å². The molecule has 0 bridgehead atoms. The van der Waals surface area contributed by atoms with Crippen LogP contribution in [0, 0.1) is 0 Å². The van der Waals surface area contributed by atoms with Crippen LogP contribution in [0.5, 0.6) is 0 Å². The minimum atomic E-state index is 0.236. The number of aromatic nitrogens is 3. The molecular formula is C16H23BrN4. The van der Waals surface area contributed by atoms with Gasteiger partial charge in [-0.3, -0.25) is 9.67 Å². The standard InChI is InChI=1S/C16H23BrN4/c1-4-12(3)21-7-6-15(20-21)9-16(19-5-2)13-8-14(17)11-18-10-13/h6-8,10-12,16,19H,4-5,9H2,1-3H3. The van der Waals surface area contributed by atoms with Gasteiger partial charge in [-0.2, -0.15) is 5.10 Å². The average Bonchev–Trinajstić information content (AvgIpc) is 2.94. The molecule has 4 nitrogen and oxygen atoms in total. The Balaban J connectivity index is 2.14. The lowest BCUT2D eigenvalue weighted by molar-refractivity contribution is 0.467. The van der Waals surface area contributed by atoms with E-state index in [-0.39, 0.29) is 6.04 Å². The second-order valence-electron chi connectivity index (χ2n) is 5.30.